The molecule has 0 N–H and O–H groups in total. The van der Waals surface area contributed by atoms with E-state index in [9.17, 15) is 0 Å². The third-order valence-corrected chi connectivity index (χ3v) is 3.38. The third-order valence-electron chi connectivity index (χ3n) is 2.60. The van der Waals surface area contributed by atoms with Gasteiger partial charge >= 0.3 is 0 Å². The summed E-state index contributed by atoms with van der Waals surface area (Å²) in [6.07, 6.45) is 6.50. The summed E-state index contributed by atoms with van der Waals surface area (Å²) in [5, 5.41) is 0. The standard InChI is InChI=1S/C14H11N3S/c1-2-4-12(5-3-1)14-16-7-11(8-17-14)6-13-9-15-10-18-13/h1-5,7-10H,6H2. The van der Waals surface area contributed by atoms with Crippen LogP contribution in [-0.4, -0.2) is 15.0 Å². The molecular formula is C14H11N3S. The van der Waals surface area contributed by atoms with E-state index in [-0.39, 0.29) is 0 Å². The SMILES string of the molecule is c1ccc(-c2ncc(Cc3cncs3)cn2)cc1. The maximum Gasteiger partial charge on any atom is 0.159 e. The minimum absolute atomic E-state index is 0.767. The number of rotatable bonds is 3. The number of benzene rings is 1. The van der Waals surface area contributed by atoms with Gasteiger partial charge in [-0.2, -0.15) is 0 Å². The van der Waals surface area contributed by atoms with E-state index in [2.05, 4.69) is 15.0 Å². The van der Waals surface area contributed by atoms with Gasteiger partial charge in [0.15, 0.2) is 5.82 Å². The maximum atomic E-state index is 4.40. The van der Waals surface area contributed by atoms with Crippen LogP contribution in [-0.2, 0) is 6.42 Å². The summed E-state index contributed by atoms with van der Waals surface area (Å²) in [5.41, 5.74) is 4.00. The van der Waals surface area contributed by atoms with Crippen LogP contribution in [0.5, 0.6) is 0 Å². The Labute approximate surface area is 109 Å². The van der Waals surface area contributed by atoms with E-state index in [1.807, 2.05) is 54.4 Å². The quantitative estimate of drug-likeness (QED) is 0.719. The van der Waals surface area contributed by atoms with Crippen LogP contribution in [0, 0.1) is 0 Å². The molecule has 2 aromatic heterocycles. The highest BCUT2D eigenvalue weighted by atomic mass is 32.1. The Kier molecular flexibility index (Phi) is 3.10. The van der Waals surface area contributed by atoms with Gasteiger partial charge in [-0.25, -0.2) is 9.97 Å². The third kappa shape index (κ3) is 2.43. The molecule has 88 valence electrons. The summed E-state index contributed by atoms with van der Waals surface area (Å²) in [5.74, 6) is 0.767. The van der Waals surface area contributed by atoms with Gasteiger partial charge in [-0.05, 0) is 5.56 Å². The maximum absolute atomic E-state index is 4.40. The lowest BCUT2D eigenvalue weighted by atomic mass is 10.2. The van der Waals surface area contributed by atoms with Crippen LogP contribution in [0.4, 0.5) is 0 Å². The Bertz CT molecular complexity index is 603. The normalized spacial score (nSPS) is 10.4. The molecule has 3 aromatic rings. The lowest BCUT2D eigenvalue weighted by Gasteiger charge is -2.01. The summed E-state index contributed by atoms with van der Waals surface area (Å²) in [6.45, 7) is 0. The lowest BCUT2D eigenvalue weighted by Crippen LogP contribution is -1.92. The van der Waals surface area contributed by atoms with Crippen molar-refractivity contribution in [3.63, 3.8) is 0 Å². The Morgan fingerprint density at radius 3 is 2.39 bits per heavy atom. The van der Waals surface area contributed by atoms with E-state index in [4.69, 9.17) is 0 Å². The van der Waals surface area contributed by atoms with Crippen molar-refractivity contribution >= 4 is 11.3 Å². The second-order valence-electron chi connectivity index (χ2n) is 3.93. The van der Waals surface area contributed by atoms with Crippen molar-refractivity contribution < 1.29 is 0 Å². The van der Waals surface area contributed by atoms with Crippen molar-refractivity contribution in [1.29, 1.82) is 0 Å². The smallest absolute Gasteiger partial charge is 0.159 e. The molecule has 0 aliphatic rings. The zero-order valence-electron chi connectivity index (χ0n) is 9.65. The summed E-state index contributed by atoms with van der Waals surface area (Å²) in [4.78, 5) is 14.1. The molecule has 0 saturated carbocycles. The van der Waals surface area contributed by atoms with E-state index in [1.54, 1.807) is 11.3 Å². The van der Waals surface area contributed by atoms with Gasteiger partial charge in [0.1, 0.15) is 0 Å². The van der Waals surface area contributed by atoms with Gasteiger partial charge in [0, 0.05) is 35.5 Å². The number of hydrogen-bond donors (Lipinski definition) is 0. The van der Waals surface area contributed by atoms with Crippen LogP contribution >= 0.6 is 11.3 Å². The van der Waals surface area contributed by atoms with E-state index in [0.717, 1.165) is 23.4 Å². The van der Waals surface area contributed by atoms with Gasteiger partial charge < -0.3 is 0 Å². The zero-order valence-corrected chi connectivity index (χ0v) is 10.5. The molecule has 0 fully saturated rings. The fraction of sp³-hybridized carbons (Fsp3) is 0.0714. The Morgan fingerprint density at radius 2 is 1.72 bits per heavy atom. The molecule has 0 radical (unpaired) electrons. The fourth-order valence-electron chi connectivity index (χ4n) is 1.71. The molecule has 2 heterocycles. The summed E-state index contributed by atoms with van der Waals surface area (Å²) in [6, 6.07) is 9.99. The highest BCUT2D eigenvalue weighted by Gasteiger charge is 2.02. The van der Waals surface area contributed by atoms with Crippen molar-refractivity contribution in [3.8, 4) is 11.4 Å². The first-order valence-corrected chi connectivity index (χ1v) is 6.53. The molecule has 0 unspecified atom stereocenters. The zero-order chi connectivity index (χ0) is 12.2. The second-order valence-corrected chi connectivity index (χ2v) is 4.90. The lowest BCUT2D eigenvalue weighted by molar-refractivity contribution is 1.09. The van der Waals surface area contributed by atoms with Crippen LogP contribution in [0.1, 0.15) is 10.4 Å². The van der Waals surface area contributed by atoms with Crippen molar-refractivity contribution in [3.05, 3.63) is 64.9 Å². The van der Waals surface area contributed by atoms with Crippen LogP contribution in [0.25, 0.3) is 11.4 Å². The van der Waals surface area contributed by atoms with E-state index in [0.29, 0.717) is 0 Å². The van der Waals surface area contributed by atoms with E-state index >= 15 is 0 Å². The largest absolute Gasteiger partial charge is 0.253 e. The van der Waals surface area contributed by atoms with Gasteiger partial charge in [-0.15, -0.1) is 11.3 Å². The summed E-state index contributed by atoms with van der Waals surface area (Å²) < 4.78 is 0. The van der Waals surface area contributed by atoms with Crippen molar-refractivity contribution in [1.82, 2.24) is 15.0 Å². The van der Waals surface area contributed by atoms with E-state index < -0.39 is 0 Å². The number of hydrogen-bond acceptors (Lipinski definition) is 4. The average Bonchev–Trinajstić information content (AvgIpc) is 2.94. The first kappa shape index (κ1) is 11.0. The number of aromatic nitrogens is 3. The van der Waals surface area contributed by atoms with Gasteiger partial charge in [0.25, 0.3) is 0 Å². The molecule has 0 amide bonds. The Morgan fingerprint density at radius 1 is 0.944 bits per heavy atom. The minimum Gasteiger partial charge on any atom is -0.253 e. The molecule has 4 heteroatoms. The Balaban J connectivity index is 1.81. The minimum atomic E-state index is 0.767. The molecule has 18 heavy (non-hydrogen) atoms. The molecule has 0 saturated heterocycles. The number of thiazole rings is 1. The first-order valence-electron chi connectivity index (χ1n) is 5.65. The van der Waals surface area contributed by atoms with Crippen molar-refractivity contribution in [2.24, 2.45) is 0 Å². The van der Waals surface area contributed by atoms with Gasteiger partial charge in [0.05, 0.1) is 5.51 Å². The topological polar surface area (TPSA) is 38.7 Å². The molecule has 3 nitrogen and oxygen atoms in total. The van der Waals surface area contributed by atoms with Crippen LogP contribution in [0.3, 0.4) is 0 Å². The van der Waals surface area contributed by atoms with Crippen molar-refractivity contribution in [2.75, 3.05) is 0 Å². The predicted octanol–water partition coefficient (Wildman–Crippen LogP) is 3.19. The molecular weight excluding hydrogens is 242 g/mol. The molecule has 3 rings (SSSR count). The average molecular weight is 253 g/mol. The molecule has 0 aliphatic carbocycles. The molecule has 0 spiro atoms. The highest BCUT2D eigenvalue weighted by Crippen LogP contribution is 2.15. The van der Waals surface area contributed by atoms with E-state index in [1.165, 1.54) is 4.88 Å². The molecule has 0 aliphatic heterocycles. The molecule has 0 bridgehead atoms. The fourth-order valence-corrected chi connectivity index (χ4v) is 2.34. The molecule has 1 aromatic carbocycles. The summed E-state index contributed by atoms with van der Waals surface area (Å²) >= 11 is 1.65. The van der Waals surface area contributed by atoms with Crippen LogP contribution < -0.4 is 0 Å². The highest BCUT2D eigenvalue weighted by molar-refractivity contribution is 7.09. The van der Waals surface area contributed by atoms with Gasteiger partial charge in [-0.3, -0.25) is 4.98 Å². The molecule has 0 atom stereocenters. The first-order chi connectivity index (χ1) is 8.92. The summed E-state index contributed by atoms with van der Waals surface area (Å²) in [7, 11) is 0. The monoisotopic (exact) mass is 253 g/mol. The second kappa shape index (κ2) is 5.06. The van der Waals surface area contributed by atoms with Crippen molar-refractivity contribution in [2.45, 2.75) is 6.42 Å². The van der Waals surface area contributed by atoms with Gasteiger partial charge in [0.2, 0.25) is 0 Å². The number of nitrogens with zero attached hydrogens (tertiary/aromatic N) is 3. The van der Waals surface area contributed by atoms with Gasteiger partial charge in [-0.1, -0.05) is 30.3 Å². The van der Waals surface area contributed by atoms with Crippen LogP contribution in [0.2, 0.25) is 0 Å². The predicted molar refractivity (Wildman–Crippen MR) is 72.4 cm³/mol. The Hall–Kier alpha value is -2.07. The van der Waals surface area contributed by atoms with Crippen LogP contribution in [0.15, 0.2) is 54.4 Å².